The normalized spacial score (nSPS) is 12.6. The molecular weight excluding hydrogens is 290 g/mol. The Hall–Kier alpha value is -1.39. The molecule has 1 aromatic rings. The second-order valence-corrected chi connectivity index (χ2v) is 6.33. The van der Waals surface area contributed by atoms with Crippen LogP contribution in [0.3, 0.4) is 0 Å². The molecule has 21 heavy (non-hydrogen) atoms. The molecule has 0 heterocycles. The van der Waals surface area contributed by atoms with Crippen molar-refractivity contribution in [3.8, 4) is 11.8 Å². The zero-order chi connectivity index (χ0) is 15.9. The summed E-state index contributed by atoms with van der Waals surface area (Å²) in [6.45, 7) is 6.04. The minimum atomic E-state index is -3.58. The first-order valence-electron chi connectivity index (χ1n) is 6.71. The highest BCUT2D eigenvalue weighted by Gasteiger charge is 2.18. The molecule has 0 aliphatic carbocycles. The second-order valence-electron chi connectivity index (χ2n) is 4.62. The van der Waals surface area contributed by atoms with Gasteiger partial charge in [0.1, 0.15) is 6.61 Å². The van der Waals surface area contributed by atoms with Crippen molar-refractivity contribution in [3.63, 3.8) is 0 Å². The highest BCUT2D eigenvalue weighted by molar-refractivity contribution is 7.89. The average molecular weight is 311 g/mol. The molecule has 0 saturated carbocycles. The van der Waals surface area contributed by atoms with Crippen LogP contribution in [0.25, 0.3) is 0 Å². The molecule has 1 aromatic carbocycles. The summed E-state index contributed by atoms with van der Waals surface area (Å²) >= 11 is 0. The molecule has 0 radical (unpaired) electrons. The fraction of sp³-hybridized carbons (Fsp3) is 0.467. The lowest BCUT2D eigenvalue weighted by atomic mass is 10.1. The topological polar surface area (TPSA) is 75.6 Å². The predicted octanol–water partition coefficient (Wildman–Crippen LogP) is 1.04. The Balaban J connectivity index is 2.91. The van der Waals surface area contributed by atoms with Gasteiger partial charge in [0.25, 0.3) is 0 Å². The first-order chi connectivity index (χ1) is 9.90. The van der Waals surface area contributed by atoms with Gasteiger partial charge in [-0.2, -0.15) is 0 Å². The Labute approximate surface area is 126 Å². The minimum Gasteiger partial charge on any atom is -0.384 e. The van der Waals surface area contributed by atoms with E-state index in [0.717, 1.165) is 5.56 Å². The van der Waals surface area contributed by atoms with E-state index in [2.05, 4.69) is 16.6 Å². The van der Waals surface area contributed by atoms with Crippen LogP contribution in [-0.4, -0.2) is 39.4 Å². The van der Waals surface area contributed by atoms with Crippen LogP contribution < -0.4 is 4.72 Å². The van der Waals surface area contributed by atoms with Crippen molar-refractivity contribution in [1.29, 1.82) is 0 Å². The van der Waals surface area contributed by atoms with Crippen LogP contribution in [0.5, 0.6) is 0 Å². The van der Waals surface area contributed by atoms with Gasteiger partial charge < -0.3 is 9.84 Å². The molecule has 0 saturated heterocycles. The molecule has 0 spiro atoms. The van der Waals surface area contributed by atoms with Crippen LogP contribution in [-0.2, 0) is 14.8 Å². The fourth-order valence-corrected chi connectivity index (χ4v) is 3.05. The molecule has 1 unspecified atom stereocenters. The fourth-order valence-electron chi connectivity index (χ4n) is 1.74. The van der Waals surface area contributed by atoms with E-state index in [1.54, 1.807) is 26.0 Å². The van der Waals surface area contributed by atoms with E-state index in [9.17, 15) is 8.42 Å². The van der Waals surface area contributed by atoms with Gasteiger partial charge in [0, 0.05) is 18.2 Å². The van der Waals surface area contributed by atoms with E-state index in [1.165, 1.54) is 6.07 Å². The average Bonchev–Trinajstić information content (AvgIpc) is 2.43. The summed E-state index contributed by atoms with van der Waals surface area (Å²) in [4.78, 5) is 0.192. The summed E-state index contributed by atoms with van der Waals surface area (Å²) in [6, 6.07) is 4.41. The van der Waals surface area contributed by atoms with Crippen molar-refractivity contribution in [2.24, 2.45) is 0 Å². The third kappa shape index (κ3) is 5.48. The van der Waals surface area contributed by atoms with Crippen molar-refractivity contribution in [3.05, 3.63) is 29.3 Å². The van der Waals surface area contributed by atoms with Crippen LogP contribution in [0.15, 0.2) is 23.1 Å². The Morgan fingerprint density at radius 3 is 2.71 bits per heavy atom. The number of hydrogen-bond acceptors (Lipinski definition) is 4. The Kier molecular flexibility index (Phi) is 6.85. The molecule has 0 aliphatic rings. The maximum Gasteiger partial charge on any atom is 0.240 e. The summed E-state index contributed by atoms with van der Waals surface area (Å²) in [5, 5.41) is 8.68. The van der Waals surface area contributed by atoms with Gasteiger partial charge in [0.2, 0.25) is 10.0 Å². The highest BCUT2D eigenvalue weighted by Crippen LogP contribution is 2.15. The third-order valence-electron chi connectivity index (χ3n) is 2.74. The SMILES string of the molecule is CCOCC(C)NS(=O)(=O)c1ccc(C#CCO)c(C)c1. The Morgan fingerprint density at radius 1 is 1.43 bits per heavy atom. The van der Waals surface area contributed by atoms with Crippen LogP contribution in [0.1, 0.15) is 25.0 Å². The lowest BCUT2D eigenvalue weighted by Gasteiger charge is -2.14. The molecule has 0 aliphatic heterocycles. The number of ether oxygens (including phenoxy) is 1. The number of aryl methyl sites for hydroxylation is 1. The summed E-state index contributed by atoms with van der Waals surface area (Å²) in [7, 11) is -3.58. The Morgan fingerprint density at radius 2 is 2.14 bits per heavy atom. The van der Waals surface area contributed by atoms with Crippen molar-refractivity contribution in [2.45, 2.75) is 31.7 Å². The number of aliphatic hydroxyl groups is 1. The van der Waals surface area contributed by atoms with Crippen molar-refractivity contribution in [1.82, 2.24) is 4.72 Å². The maximum absolute atomic E-state index is 12.2. The molecule has 0 fully saturated rings. The van der Waals surface area contributed by atoms with Crippen molar-refractivity contribution >= 4 is 10.0 Å². The smallest absolute Gasteiger partial charge is 0.240 e. The van der Waals surface area contributed by atoms with Gasteiger partial charge in [-0.15, -0.1) is 0 Å². The summed E-state index contributed by atoms with van der Waals surface area (Å²) < 4.78 is 32.2. The first-order valence-corrected chi connectivity index (χ1v) is 8.19. The molecule has 5 nitrogen and oxygen atoms in total. The molecule has 0 amide bonds. The molecule has 1 rings (SSSR count). The summed E-state index contributed by atoms with van der Waals surface area (Å²) in [5.74, 6) is 5.32. The molecule has 6 heteroatoms. The van der Waals surface area contributed by atoms with Gasteiger partial charge in [-0.1, -0.05) is 11.8 Å². The predicted molar refractivity (Wildman–Crippen MR) is 81.4 cm³/mol. The molecule has 0 aromatic heterocycles. The number of aliphatic hydroxyl groups excluding tert-OH is 1. The number of rotatable bonds is 6. The Bertz CT molecular complexity index is 629. The van der Waals surface area contributed by atoms with E-state index in [0.29, 0.717) is 18.8 Å². The number of nitrogens with one attached hydrogen (secondary N) is 1. The summed E-state index contributed by atoms with van der Waals surface area (Å²) in [5.41, 5.74) is 1.45. The number of sulfonamides is 1. The van der Waals surface area contributed by atoms with E-state index >= 15 is 0 Å². The number of hydrogen-bond donors (Lipinski definition) is 2. The molecule has 1 atom stereocenters. The van der Waals surface area contributed by atoms with Gasteiger partial charge in [0.05, 0.1) is 11.5 Å². The second kappa shape index (κ2) is 8.15. The molecular formula is C15H21NO4S. The van der Waals surface area contributed by atoms with Crippen LogP contribution in [0.2, 0.25) is 0 Å². The zero-order valence-electron chi connectivity index (χ0n) is 12.5. The van der Waals surface area contributed by atoms with Gasteiger partial charge in [-0.05, 0) is 44.5 Å². The lowest BCUT2D eigenvalue weighted by Crippen LogP contribution is -2.35. The van der Waals surface area contributed by atoms with Crippen LogP contribution in [0.4, 0.5) is 0 Å². The monoisotopic (exact) mass is 311 g/mol. The third-order valence-corrected chi connectivity index (χ3v) is 4.33. The van der Waals surface area contributed by atoms with E-state index in [4.69, 9.17) is 9.84 Å². The van der Waals surface area contributed by atoms with Crippen molar-refractivity contribution < 1.29 is 18.3 Å². The molecule has 0 bridgehead atoms. The van der Waals surface area contributed by atoms with E-state index < -0.39 is 10.0 Å². The quantitative estimate of drug-likeness (QED) is 0.770. The molecule has 2 N–H and O–H groups in total. The van der Waals surface area contributed by atoms with Gasteiger partial charge in [-0.3, -0.25) is 0 Å². The maximum atomic E-state index is 12.2. The van der Waals surface area contributed by atoms with Crippen LogP contribution in [0, 0.1) is 18.8 Å². The van der Waals surface area contributed by atoms with E-state index in [1.807, 2.05) is 6.92 Å². The van der Waals surface area contributed by atoms with E-state index in [-0.39, 0.29) is 17.5 Å². The largest absolute Gasteiger partial charge is 0.384 e. The molecule has 116 valence electrons. The van der Waals surface area contributed by atoms with Gasteiger partial charge in [0.15, 0.2) is 0 Å². The highest BCUT2D eigenvalue weighted by atomic mass is 32.2. The van der Waals surface area contributed by atoms with Gasteiger partial charge >= 0.3 is 0 Å². The standard InChI is InChI=1S/C15H21NO4S/c1-4-20-11-13(3)16-21(18,19)15-8-7-14(6-5-9-17)12(2)10-15/h7-8,10,13,16-17H,4,9,11H2,1-3H3. The minimum absolute atomic E-state index is 0.192. The summed E-state index contributed by atoms with van der Waals surface area (Å²) in [6.07, 6.45) is 0. The number of benzene rings is 1. The zero-order valence-corrected chi connectivity index (χ0v) is 13.3. The lowest BCUT2D eigenvalue weighted by molar-refractivity contribution is 0.133. The van der Waals surface area contributed by atoms with Crippen molar-refractivity contribution in [2.75, 3.05) is 19.8 Å². The van der Waals surface area contributed by atoms with Crippen LogP contribution >= 0.6 is 0 Å². The first kappa shape index (κ1) is 17.7. The van der Waals surface area contributed by atoms with Gasteiger partial charge in [-0.25, -0.2) is 13.1 Å².